The van der Waals surface area contributed by atoms with Crippen LogP contribution in [0, 0.1) is 0 Å². The molecule has 0 aliphatic rings. The Balaban J connectivity index is 1.57. The van der Waals surface area contributed by atoms with E-state index in [-0.39, 0.29) is 16.5 Å². The number of hydrogen-bond acceptors (Lipinski definition) is 6. The summed E-state index contributed by atoms with van der Waals surface area (Å²) in [5.74, 6) is 1.18. The van der Waals surface area contributed by atoms with Gasteiger partial charge < -0.3 is 5.32 Å². The smallest absolute Gasteiger partial charge is 0.242 e. The third-order valence-electron chi connectivity index (χ3n) is 3.24. The van der Waals surface area contributed by atoms with Crippen molar-refractivity contribution in [2.75, 3.05) is 18.4 Å². The highest BCUT2D eigenvalue weighted by atomic mass is 35.5. The zero-order chi connectivity index (χ0) is 17.7. The average Bonchev–Trinajstić information content (AvgIpc) is 3.14. The molecule has 3 rings (SSSR count). The molecule has 0 amide bonds. The van der Waals surface area contributed by atoms with E-state index >= 15 is 0 Å². The highest BCUT2D eigenvalue weighted by Crippen LogP contribution is 2.19. The minimum Gasteiger partial charge on any atom is -0.369 e. The Morgan fingerprint density at radius 1 is 1.12 bits per heavy atom. The number of anilines is 1. The van der Waals surface area contributed by atoms with Crippen molar-refractivity contribution in [3.63, 3.8) is 0 Å². The summed E-state index contributed by atoms with van der Waals surface area (Å²) in [6.45, 7) is 0.522. The Hall–Kier alpha value is -2.49. The number of rotatable bonds is 7. The molecular formula is C15H15ClN6O2S. The summed E-state index contributed by atoms with van der Waals surface area (Å²) >= 11 is 5.92. The Bertz CT molecular complexity index is 946. The fraction of sp³-hybridized carbons (Fsp3) is 0.133. The van der Waals surface area contributed by atoms with Crippen LogP contribution in [0.15, 0.2) is 60.0 Å². The molecular weight excluding hydrogens is 364 g/mol. The first-order valence-electron chi connectivity index (χ1n) is 7.36. The normalized spacial score (nSPS) is 11.4. The summed E-state index contributed by atoms with van der Waals surface area (Å²) in [6.07, 6.45) is 4.83. The molecule has 1 aromatic carbocycles. The third-order valence-corrected chi connectivity index (χ3v) is 5.20. The van der Waals surface area contributed by atoms with Crippen molar-refractivity contribution < 1.29 is 8.42 Å². The highest BCUT2D eigenvalue weighted by molar-refractivity contribution is 7.89. The molecule has 2 N–H and O–H groups in total. The molecule has 0 saturated heterocycles. The lowest BCUT2D eigenvalue weighted by molar-refractivity contribution is 0.583. The predicted molar refractivity (Wildman–Crippen MR) is 94.3 cm³/mol. The van der Waals surface area contributed by atoms with E-state index in [1.165, 1.54) is 18.5 Å². The van der Waals surface area contributed by atoms with Gasteiger partial charge in [-0.15, -0.1) is 0 Å². The van der Waals surface area contributed by atoms with Crippen LogP contribution in [0.3, 0.4) is 0 Å². The first-order valence-corrected chi connectivity index (χ1v) is 9.22. The molecule has 0 aliphatic heterocycles. The molecule has 3 aromatic rings. The van der Waals surface area contributed by atoms with E-state index in [0.717, 1.165) is 0 Å². The quantitative estimate of drug-likeness (QED) is 0.607. The second-order valence-corrected chi connectivity index (χ2v) is 7.11. The van der Waals surface area contributed by atoms with E-state index in [0.29, 0.717) is 18.2 Å². The molecule has 0 bridgehead atoms. The molecule has 25 heavy (non-hydrogen) atoms. The van der Waals surface area contributed by atoms with Crippen molar-refractivity contribution in [3.05, 3.63) is 60.1 Å². The highest BCUT2D eigenvalue weighted by Gasteiger charge is 2.16. The van der Waals surface area contributed by atoms with Gasteiger partial charge >= 0.3 is 0 Å². The predicted octanol–water partition coefficient (Wildman–Crippen LogP) is 1.71. The molecule has 2 aromatic heterocycles. The maximum absolute atomic E-state index is 12.2. The van der Waals surface area contributed by atoms with Crippen LogP contribution in [-0.4, -0.2) is 41.3 Å². The van der Waals surface area contributed by atoms with Gasteiger partial charge in [-0.2, -0.15) is 5.10 Å². The number of sulfonamides is 1. The van der Waals surface area contributed by atoms with Gasteiger partial charge in [-0.1, -0.05) is 23.7 Å². The molecule has 8 nitrogen and oxygen atoms in total. The van der Waals surface area contributed by atoms with Crippen LogP contribution in [0.25, 0.3) is 5.82 Å². The summed E-state index contributed by atoms with van der Waals surface area (Å²) in [7, 11) is -3.66. The zero-order valence-electron chi connectivity index (χ0n) is 13.0. The Morgan fingerprint density at radius 3 is 2.72 bits per heavy atom. The number of aromatic nitrogens is 4. The molecule has 130 valence electrons. The monoisotopic (exact) mass is 378 g/mol. The second kappa shape index (κ2) is 7.60. The fourth-order valence-electron chi connectivity index (χ4n) is 2.09. The van der Waals surface area contributed by atoms with Crippen LogP contribution in [0.5, 0.6) is 0 Å². The number of halogens is 1. The summed E-state index contributed by atoms with van der Waals surface area (Å²) < 4.78 is 28.5. The van der Waals surface area contributed by atoms with E-state index in [1.54, 1.807) is 41.3 Å². The lowest BCUT2D eigenvalue weighted by Crippen LogP contribution is -2.29. The molecule has 0 saturated carbocycles. The molecule has 0 radical (unpaired) electrons. The summed E-state index contributed by atoms with van der Waals surface area (Å²) in [5.41, 5.74) is 0. The van der Waals surface area contributed by atoms with Gasteiger partial charge in [0.2, 0.25) is 10.0 Å². The van der Waals surface area contributed by atoms with Gasteiger partial charge in [0, 0.05) is 31.5 Å². The zero-order valence-corrected chi connectivity index (χ0v) is 14.6. The van der Waals surface area contributed by atoms with Gasteiger partial charge in [-0.05, 0) is 18.2 Å². The minimum atomic E-state index is -3.66. The van der Waals surface area contributed by atoms with Gasteiger partial charge in [0.05, 0.1) is 5.02 Å². The molecule has 0 unspecified atom stereocenters. The third kappa shape index (κ3) is 4.32. The Labute approximate surface area is 149 Å². The molecule has 10 heteroatoms. The minimum absolute atomic E-state index is 0.0553. The van der Waals surface area contributed by atoms with Crippen LogP contribution in [0.4, 0.5) is 5.82 Å². The number of nitrogens with zero attached hydrogens (tertiary/aromatic N) is 4. The average molecular weight is 379 g/mol. The van der Waals surface area contributed by atoms with Crippen molar-refractivity contribution in [2.24, 2.45) is 0 Å². The first kappa shape index (κ1) is 17.3. The lowest BCUT2D eigenvalue weighted by atomic mass is 10.4. The number of nitrogens with one attached hydrogen (secondary N) is 2. The van der Waals surface area contributed by atoms with Crippen molar-refractivity contribution >= 4 is 27.4 Å². The van der Waals surface area contributed by atoms with Crippen molar-refractivity contribution in [2.45, 2.75) is 4.90 Å². The summed E-state index contributed by atoms with van der Waals surface area (Å²) in [4.78, 5) is 8.27. The van der Waals surface area contributed by atoms with Crippen molar-refractivity contribution in [1.29, 1.82) is 0 Å². The summed E-state index contributed by atoms with van der Waals surface area (Å²) in [6, 6.07) is 9.80. The molecule has 0 spiro atoms. The van der Waals surface area contributed by atoms with Crippen LogP contribution in [-0.2, 0) is 10.0 Å². The Morgan fingerprint density at radius 2 is 1.96 bits per heavy atom. The van der Waals surface area contributed by atoms with E-state index in [9.17, 15) is 8.42 Å². The molecule has 2 heterocycles. The first-order chi connectivity index (χ1) is 12.1. The van der Waals surface area contributed by atoms with E-state index < -0.39 is 10.0 Å². The fourth-order valence-corrected chi connectivity index (χ4v) is 3.64. The van der Waals surface area contributed by atoms with E-state index in [1.807, 2.05) is 0 Å². The van der Waals surface area contributed by atoms with Gasteiger partial charge in [0.25, 0.3) is 0 Å². The number of benzene rings is 1. The van der Waals surface area contributed by atoms with Crippen LogP contribution in [0.2, 0.25) is 5.02 Å². The van der Waals surface area contributed by atoms with Crippen molar-refractivity contribution in [1.82, 2.24) is 24.5 Å². The number of hydrogen-bond donors (Lipinski definition) is 2. The molecule has 0 aliphatic carbocycles. The van der Waals surface area contributed by atoms with Gasteiger partial charge in [-0.25, -0.2) is 27.8 Å². The van der Waals surface area contributed by atoms with Gasteiger partial charge in [-0.3, -0.25) is 0 Å². The van der Waals surface area contributed by atoms with E-state index in [2.05, 4.69) is 25.1 Å². The maximum Gasteiger partial charge on any atom is 0.242 e. The maximum atomic E-state index is 12.2. The van der Waals surface area contributed by atoms with Crippen LogP contribution in [0.1, 0.15) is 0 Å². The van der Waals surface area contributed by atoms with Gasteiger partial charge in [0.15, 0.2) is 5.82 Å². The lowest BCUT2D eigenvalue weighted by Gasteiger charge is -2.10. The Kier molecular flexibility index (Phi) is 5.27. The van der Waals surface area contributed by atoms with E-state index in [4.69, 9.17) is 11.6 Å². The SMILES string of the molecule is O=S(=O)(NCCNc1cc(-n2cccn2)ncn1)c1ccccc1Cl. The van der Waals surface area contributed by atoms with Crippen LogP contribution >= 0.6 is 11.6 Å². The molecule has 0 fully saturated rings. The summed E-state index contributed by atoms with van der Waals surface area (Å²) in [5, 5.41) is 7.31. The standard InChI is InChI=1S/C15H15ClN6O2S/c16-12-4-1-2-5-13(12)25(23,24)21-8-7-17-14-10-15(19-11-18-14)22-9-3-6-20-22/h1-6,9-11,21H,7-8H2,(H,17,18,19). The molecule has 0 atom stereocenters. The van der Waals surface area contributed by atoms with Crippen LogP contribution < -0.4 is 10.0 Å². The second-order valence-electron chi connectivity index (χ2n) is 4.97. The largest absolute Gasteiger partial charge is 0.369 e. The topological polar surface area (TPSA) is 102 Å². The van der Waals surface area contributed by atoms with Crippen molar-refractivity contribution in [3.8, 4) is 5.82 Å². The van der Waals surface area contributed by atoms with Gasteiger partial charge in [0.1, 0.15) is 17.0 Å².